The Kier molecular flexibility index (Phi) is 4.11. The Labute approximate surface area is 136 Å². The molecule has 1 aromatic heterocycles. The van der Waals surface area contributed by atoms with Gasteiger partial charge in [-0.25, -0.2) is 4.68 Å². The summed E-state index contributed by atoms with van der Waals surface area (Å²) in [7, 11) is 0. The van der Waals surface area contributed by atoms with E-state index in [0.717, 1.165) is 35.0 Å². The molecule has 114 valence electrons. The number of fused-ring (bicyclic) bond motifs is 1. The molecular formula is C16H16BrN3O2. The van der Waals surface area contributed by atoms with Crippen molar-refractivity contribution in [1.29, 1.82) is 0 Å². The second kappa shape index (κ2) is 6.04. The van der Waals surface area contributed by atoms with E-state index in [9.17, 15) is 9.59 Å². The number of aromatic nitrogens is 2. The molecule has 1 aromatic carbocycles. The Morgan fingerprint density at radius 2 is 2.18 bits per heavy atom. The molecule has 0 radical (unpaired) electrons. The Morgan fingerprint density at radius 3 is 2.95 bits per heavy atom. The number of nitrogens with zero attached hydrogens (tertiary/aromatic N) is 2. The van der Waals surface area contributed by atoms with E-state index in [0.29, 0.717) is 5.69 Å². The number of amides is 1. The average Bonchev–Trinajstić information content (AvgIpc) is 2.92. The van der Waals surface area contributed by atoms with Crippen LogP contribution in [0.25, 0.3) is 0 Å². The maximum Gasteiger partial charge on any atom is 0.267 e. The van der Waals surface area contributed by atoms with Crippen molar-refractivity contribution in [3.05, 3.63) is 56.4 Å². The summed E-state index contributed by atoms with van der Waals surface area (Å²) in [4.78, 5) is 24.5. The number of nitrogens with one attached hydrogen (secondary N) is 1. The number of rotatable bonds is 3. The molecule has 1 N–H and O–H groups in total. The van der Waals surface area contributed by atoms with Crippen molar-refractivity contribution in [2.75, 3.05) is 5.32 Å². The predicted octanol–water partition coefficient (Wildman–Crippen LogP) is 2.69. The zero-order chi connectivity index (χ0) is 15.7. The molecule has 0 bridgehead atoms. The van der Waals surface area contributed by atoms with Crippen molar-refractivity contribution >= 4 is 27.5 Å². The molecule has 1 aliphatic rings. The first-order valence-corrected chi connectivity index (χ1v) is 8.02. The van der Waals surface area contributed by atoms with E-state index >= 15 is 0 Å². The molecule has 22 heavy (non-hydrogen) atoms. The minimum atomic E-state index is -0.655. The molecule has 0 saturated heterocycles. The lowest BCUT2D eigenvalue weighted by Gasteiger charge is -2.15. The van der Waals surface area contributed by atoms with Gasteiger partial charge in [-0.1, -0.05) is 22.0 Å². The standard InChI is InChI=1S/C16H16BrN3O2/c1-10(16(22)18-13-6-3-5-12(17)9-13)20-15(21)8-11-4-2-7-14(11)19-20/h3,5-6,8-10H,2,4,7H2,1H3,(H,18,22). The van der Waals surface area contributed by atoms with E-state index in [4.69, 9.17) is 0 Å². The van der Waals surface area contributed by atoms with Gasteiger partial charge < -0.3 is 5.32 Å². The highest BCUT2D eigenvalue weighted by Gasteiger charge is 2.21. The van der Waals surface area contributed by atoms with Gasteiger partial charge >= 0.3 is 0 Å². The molecule has 0 saturated carbocycles. The third kappa shape index (κ3) is 2.97. The van der Waals surface area contributed by atoms with Crippen LogP contribution < -0.4 is 10.9 Å². The van der Waals surface area contributed by atoms with Gasteiger partial charge in [0.05, 0.1) is 5.69 Å². The first-order chi connectivity index (χ1) is 10.5. The fourth-order valence-electron chi connectivity index (χ4n) is 2.62. The Balaban J connectivity index is 1.83. The fourth-order valence-corrected chi connectivity index (χ4v) is 3.02. The molecule has 1 aliphatic carbocycles. The molecule has 0 fully saturated rings. The highest BCUT2D eigenvalue weighted by Crippen LogP contribution is 2.19. The largest absolute Gasteiger partial charge is 0.324 e. The third-order valence-corrected chi connectivity index (χ3v) is 4.31. The van der Waals surface area contributed by atoms with Crippen LogP contribution in [0.5, 0.6) is 0 Å². The minimum absolute atomic E-state index is 0.224. The zero-order valence-corrected chi connectivity index (χ0v) is 13.8. The molecule has 6 heteroatoms. The number of hydrogen-bond donors (Lipinski definition) is 1. The van der Waals surface area contributed by atoms with Crippen LogP contribution in [0, 0.1) is 0 Å². The van der Waals surface area contributed by atoms with Crippen LogP contribution in [0.1, 0.15) is 30.6 Å². The lowest BCUT2D eigenvalue weighted by Crippen LogP contribution is -2.33. The fraction of sp³-hybridized carbons (Fsp3) is 0.312. The summed E-state index contributed by atoms with van der Waals surface area (Å²) in [5.74, 6) is -0.259. The van der Waals surface area contributed by atoms with Crippen molar-refractivity contribution in [2.24, 2.45) is 0 Å². The Bertz CT molecular complexity index is 785. The summed E-state index contributed by atoms with van der Waals surface area (Å²) in [5, 5.41) is 7.17. The van der Waals surface area contributed by atoms with Crippen LogP contribution in [-0.2, 0) is 17.6 Å². The van der Waals surface area contributed by atoms with Gasteiger partial charge in [0, 0.05) is 16.2 Å². The topological polar surface area (TPSA) is 64.0 Å². The first kappa shape index (κ1) is 15.0. The van der Waals surface area contributed by atoms with Crippen LogP contribution >= 0.6 is 15.9 Å². The average molecular weight is 362 g/mol. The summed E-state index contributed by atoms with van der Waals surface area (Å²) >= 11 is 3.36. The van der Waals surface area contributed by atoms with Crippen molar-refractivity contribution in [3.63, 3.8) is 0 Å². The highest BCUT2D eigenvalue weighted by atomic mass is 79.9. The predicted molar refractivity (Wildman–Crippen MR) is 88.0 cm³/mol. The highest BCUT2D eigenvalue weighted by molar-refractivity contribution is 9.10. The van der Waals surface area contributed by atoms with E-state index in [1.54, 1.807) is 19.1 Å². The van der Waals surface area contributed by atoms with Gasteiger partial charge in [-0.15, -0.1) is 0 Å². The van der Waals surface area contributed by atoms with Crippen LogP contribution in [0.2, 0.25) is 0 Å². The first-order valence-electron chi connectivity index (χ1n) is 7.22. The molecule has 3 rings (SSSR count). The van der Waals surface area contributed by atoms with E-state index < -0.39 is 6.04 Å². The van der Waals surface area contributed by atoms with Crippen molar-refractivity contribution in [3.8, 4) is 0 Å². The molecule has 5 nitrogen and oxygen atoms in total. The van der Waals surface area contributed by atoms with Crippen LogP contribution in [-0.4, -0.2) is 15.7 Å². The summed E-state index contributed by atoms with van der Waals surface area (Å²) in [6.45, 7) is 1.68. The molecule has 1 unspecified atom stereocenters. The summed E-state index contributed by atoms with van der Waals surface area (Å²) in [6.07, 6.45) is 2.79. The summed E-state index contributed by atoms with van der Waals surface area (Å²) in [5.41, 5.74) is 2.40. The van der Waals surface area contributed by atoms with Crippen LogP contribution in [0.3, 0.4) is 0 Å². The summed E-state index contributed by atoms with van der Waals surface area (Å²) in [6, 6.07) is 8.28. The van der Waals surface area contributed by atoms with Crippen molar-refractivity contribution < 1.29 is 4.79 Å². The van der Waals surface area contributed by atoms with Crippen molar-refractivity contribution in [1.82, 2.24) is 9.78 Å². The number of aryl methyl sites for hydroxylation is 2. The van der Waals surface area contributed by atoms with E-state index in [1.165, 1.54) is 4.68 Å². The SMILES string of the molecule is CC(C(=O)Nc1cccc(Br)c1)n1nc2c(cc1=O)CCC2. The molecule has 1 heterocycles. The molecule has 0 spiro atoms. The van der Waals surface area contributed by atoms with Crippen LogP contribution in [0.4, 0.5) is 5.69 Å². The minimum Gasteiger partial charge on any atom is -0.324 e. The smallest absolute Gasteiger partial charge is 0.267 e. The molecule has 1 atom stereocenters. The van der Waals surface area contributed by atoms with Gasteiger partial charge in [-0.05, 0) is 49.9 Å². The van der Waals surface area contributed by atoms with Gasteiger partial charge in [0.15, 0.2) is 0 Å². The number of halogens is 1. The van der Waals surface area contributed by atoms with Gasteiger partial charge in [0.1, 0.15) is 6.04 Å². The summed E-state index contributed by atoms with van der Waals surface area (Å²) < 4.78 is 2.16. The number of carbonyl (C=O) groups is 1. The van der Waals surface area contributed by atoms with Crippen LogP contribution in [0.15, 0.2) is 39.6 Å². The number of carbonyl (C=O) groups excluding carboxylic acids is 1. The number of benzene rings is 1. The Hall–Kier alpha value is -1.95. The maximum absolute atomic E-state index is 12.4. The quantitative estimate of drug-likeness (QED) is 0.913. The lowest BCUT2D eigenvalue weighted by atomic mass is 10.2. The van der Waals surface area contributed by atoms with Gasteiger partial charge in [0.25, 0.3) is 5.56 Å². The van der Waals surface area contributed by atoms with E-state index in [-0.39, 0.29) is 11.5 Å². The van der Waals surface area contributed by atoms with Crippen molar-refractivity contribution in [2.45, 2.75) is 32.2 Å². The second-order valence-electron chi connectivity index (χ2n) is 5.43. The van der Waals surface area contributed by atoms with E-state index in [1.807, 2.05) is 18.2 Å². The second-order valence-corrected chi connectivity index (χ2v) is 6.34. The molecule has 0 aliphatic heterocycles. The number of anilines is 1. The zero-order valence-electron chi connectivity index (χ0n) is 12.2. The van der Waals surface area contributed by atoms with Gasteiger partial charge in [-0.3, -0.25) is 9.59 Å². The molecule has 2 aromatic rings. The normalized spacial score (nSPS) is 14.5. The van der Waals surface area contributed by atoms with E-state index in [2.05, 4.69) is 26.3 Å². The third-order valence-electron chi connectivity index (χ3n) is 3.82. The maximum atomic E-state index is 12.4. The lowest BCUT2D eigenvalue weighted by molar-refractivity contribution is -0.119. The Morgan fingerprint density at radius 1 is 1.36 bits per heavy atom. The number of hydrogen-bond acceptors (Lipinski definition) is 3. The van der Waals surface area contributed by atoms with Gasteiger partial charge in [-0.2, -0.15) is 5.10 Å². The monoisotopic (exact) mass is 361 g/mol. The molecule has 1 amide bonds. The van der Waals surface area contributed by atoms with Gasteiger partial charge in [0.2, 0.25) is 5.91 Å². The molecular weight excluding hydrogens is 346 g/mol.